The van der Waals surface area contributed by atoms with E-state index in [1.807, 2.05) is 18.7 Å². The molecule has 0 bridgehead atoms. The van der Waals surface area contributed by atoms with E-state index in [0.29, 0.717) is 5.82 Å². The second kappa shape index (κ2) is 6.48. The predicted molar refractivity (Wildman–Crippen MR) is 83.8 cm³/mol. The molecule has 0 amide bonds. The van der Waals surface area contributed by atoms with Crippen molar-refractivity contribution in [1.29, 1.82) is 0 Å². The first-order chi connectivity index (χ1) is 9.56. The maximum Gasteiger partial charge on any atom is 0.339 e. The molecule has 1 aliphatic rings. The number of pyridine rings is 1. The molecular weight excluding hydrogens is 272 g/mol. The van der Waals surface area contributed by atoms with Gasteiger partial charge in [0.2, 0.25) is 0 Å². The molecule has 20 heavy (non-hydrogen) atoms. The van der Waals surface area contributed by atoms with Crippen LogP contribution in [0.4, 0.5) is 5.82 Å². The summed E-state index contributed by atoms with van der Waals surface area (Å²) in [7, 11) is 0. The third-order valence-electron chi connectivity index (χ3n) is 4.04. The zero-order valence-corrected chi connectivity index (χ0v) is 12.9. The molecule has 0 saturated heterocycles. The van der Waals surface area contributed by atoms with Crippen molar-refractivity contribution in [3.8, 4) is 0 Å². The third-order valence-corrected chi connectivity index (χ3v) is 5.46. The van der Waals surface area contributed by atoms with Crippen molar-refractivity contribution >= 4 is 23.5 Å². The molecular formula is C15H22N2O2S. The van der Waals surface area contributed by atoms with Gasteiger partial charge in [-0.25, -0.2) is 9.78 Å². The van der Waals surface area contributed by atoms with E-state index in [1.165, 1.54) is 32.1 Å². The number of nitrogens with zero attached hydrogens (tertiary/aromatic N) is 1. The summed E-state index contributed by atoms with van der Waals surface area (Å²) < 4.78 is 0.222. The standard InChI is InChI=1S/C15H22N2O2S/c1-11-6-7-12(14(18)19)13(17-11)16-10-15(20-2)8-4-3-5-9-15/h6-7H,3-5,8-10H2,1-2H3,(H,16,17)(H,18,19). The zero-order chi connectivity index (χ0) is 14.6. The minimum absolute atomic E-state index is 0.222. The van der Waals surface area contributed by atoms with Crippen LogP contribution in [0.2, 0.25) is 0 Å². The van der Waals surface area contributed by atoms with Gasteiger partial charge in [0, 0.05) is 17.0 Å². The Kier molecular flexibility index (Phi) is 4.91. The van der Waals surface area contributed by atoms with Gasteiger partial charge in [-0.1, -0.05) is 19.3 Å². The maximum atomic E-state index is 11.2. The number of aromatic carboxylic acids is 1. The molecule has 2 N–H and O–H groups in total. The first-order valence-electron chi connectivity index (χ1n) is 7.06. The van der Waals surface area contributed by atoms with Crippen LogP contribution in [-0.2, 0) is 0 Å². The lowest BCUT2D eigenvalue weighted by atomic mass is 9.88. The smallest absolute Gasteiger partial charge is 0.339 e. The Morgan fingerprint density at radius 3 is 2.70 bits per heavy atom. The summed E-state index contributed by atoms with van der Waals surface area (Å²) in [6.07, 6.45) is 8.36. The van der Waals surface area contributed by atoms with E-state index in [4.69, 9.17) is 0 Å². The molecule has 5 heteroatoms. The van der Waals surface area contributed by atoms with Crippen LogP contribution in [0.1, 0.15) is 48.2 Å². The van der Waals surface area contributed by atoms with E-state index in [1.54, 1.807) is 12.1 Å². The van der Waals surface area contributed by atoms with Crippen LogP contribution in [0.25, 0.3) is 0 Å². The van der Waals surface area contributed by atoms with Gasteiger partial charge >= 0.3 is 5.97 Å². The van der Waals surface area contributed by atoms with E-state index in [2.05, 4.69) is 16.6 Å². The molecule has 1 aromatic heterocycles. The summed E-state index contributed by atoms with van der Waals surface area (Å²) in [6, 6.07) is 3.36. The van der Waals surface area contributed by atoms with Crippen LogP contribution >= 0.6 is 11.8 Å². The lowest BCUT2D eigenvalue weighted by molar-refractivity contribution is 0.0697. The van der Waals surface area contributed by atoms with Gasteiger partial charge in [0.05, 0.1) is 0 Å². The van der Waals surface area contributed by atoms with Gasteiger partial charge < -0.3 is 10.4 Å². The van der Waals surface area contributed by atoms with Crippen molar-refractivity contribution in [2.75, 3.05) is 18.1 Å². The molecule has 0 spiro atoms. The van der Waals surface area contributed by atoms with E-state index < -0.39 is 5.97 Å². The fraction of sp³-hybridized carbons (Fsp3) is 0.600. The number of carboxylic acids is 1. The molecule has 0 radical (unpaired) electrons. The number of nitrogens with one attached hydrogen (secondary N) is 1. The number of aromatic nitrogens is 1. The Morgan fingerprint density at radius 1 is 1.40 bits per heavy atom. The van der Waals surface area contributed by atoms with Crippen LogP contribution in [0.15, 0.2) is 12.1 Å². The average molecular weight is 294 g/mol. The normalized spacial score (nSPS) is 17.7. The quantitative estimate of drug-likeness (QED) is 0.869. The average Bonchev–Trinajstić information content (AvgIpc) is 2.46. The van der Waals surface area contributed by atoms with Crippen LogP contribution in [-0.4, -0.2) is 33.6 Å². The Bertz CT molecular complexity index is 485. The molecule has 0 unspecified atom stereocenters. The Balaban J connectivity index is 2.13. The third kappa shape index (κ3) is 3.45. The van der Waals surface area contributed by atoms with Crippen molar-refractivity contribution < 1.29 is 9.90 Å². The number of anilines is 1. The van der Waals surface area contributed by atoms with Gasteiger partial charge in [0.25, 0.3) is 0 Å². The SMILES string of the molecule is CSC1(CNc2nc(C)ccc2C(=O)O)CCCCC1. The van der Waals surface area contributed by atoms with Gasteiger partial charge in [0.15, 0.2) is 0 Å². The summed E-state index contributed by atoms with van der Waals surface area (Å²) >= 11 is 1.89. The summed E-state index contributed by atoms with van der Waals surface area (Å²) in [5.74, 6) is -0.432. The van der Waals surface area contributed by atoms with Crippen LogP contribution < -0.4 is 5.32 Å². The number of carboxylic acid groups (broad SMARTS) is 1. The van der Waals surface area contributed by atoms with Crippen molar-refractivity contribution in [3.63, 3.8) is 0 Å². The number of hydrogen-bond donors (Lipinski definition) is 2. The summed E-state index contributed by atoms with van der Waals surface area (Å²) in [5.41, 5.74) is 1.09. The summed E-state index contributed by atoms with van der Waals surface area (Å²) in [4.78, 5) is 15.6. The molecule has 1 heterocycles. The van der Waals surface area contributed by atoms with Crippen LogP contribution in [0, 0.1) is 6.92 Å². The van der Waals surface area contributed by atoms with Gasteiger partial charge in [-0.05, 0) is 38.2 Å². The highest BCUT2D eigenvalue weighted by atomic mass is 32.2. The van der Waals surface area contributed by atoms with E-state index >= 15 is 0 Å². The molecule has 2 rings (SSSR count). The molecule has 0 aliphatic heterocycles. The largest absolute Gasteiger partial charge is 0.478 e. The second-order valence-corrected chi connectivity index (χ2v) is 6.73. The fourth-order valence-electron chi connectivity index (χ4n) is 2.76. The molecule has 0 aromatic carbocycles. The monoisotopic (exact) mass is 294 g/mol. The number of carbonyl (C=O) groups is 1. The summed E-state index contributed by atoms with van der Waals surface area (Å²) in [5, 5.41) is 12.5. The highest BCUT2D eigenvalue weighted by molar-refractivity contribution is 8.00. The highest BCUT2D eigenvalue weighted by Gasteiger charge is 2.31. The molecule has 1 aliphatic carbocycles. The summed E-state index contributed by atoms with van der Waals surface area (Å²) in [6.45, 7) is 2.66. The molecule has 110 valence electrons. The minimum Gasteiger partial charge on any atom is -0.478 e. The number of hydrogen-bond acceptors (Lipinski definition) is 4. The van der Waals surface area contributed by atoms with Crippen molar-refractivity contribution in [2.24, 2.45) is 0 Å². The fourth-order valence-corrected chi connectivity index (χ4v) is 3.67. The molecule has 1 saturated carbocycles. The van der Waals surface area contributed by atoms with E-state index in [0.717, 1.165) is 12.2 Å². The van der Waals surface area contributed by atoms with E-state index in [-0.39, 0.29) is 10.3 Å². The number of thioether (sulfide) groups is 1. The molecule has 1 aromatic rings. The van der Waals surface area contributed by atoms with Gasteiger partial charge in [0.1, 0.15) is 11.4 Å². The van der Waals surface area contributed by atoms with E-state index in [9.17, 15) is 9.90 Å². The molecule has 4 nitrogen and oxygen atoms in total. The van der Waals surface area contributed by atoms with Crippen LogP contribution in [0.5, 0.6) is 0 Å². The van der Waals surface area contributed by atoms with Crippen molar-refractivity contribution in [2.45, 2.75) is 43.8 Å². The van der Waals surface area contributed by atoms with Gasteiger partial charge in [-0.15, -0.1) is 0 Å². The number of rotatable bonds is 5. The minimum atomic E-state index is -0.929. The Hall–Kier alpha value is -1.23. The first kappa shape index (κ1) is 15.2. The highest BCUT2D eigenvalue weighted by Crippen LogP contribution is 2.38. The predicted octanol–water partition coefficient (Wildman–Crippen LogP) is 3.57. The molecule has 1 fully saturated rings. The Labute approximate surface area is 124 Å². The Morgan fingerprint density at radius 2 is 2.10 bits per heavy atom. The number of aryl methyl sites for hydroxylation is 1. The zero-order valence-electron chi connectivity index (χ0n) is 12.1. The van der Waals surface area contributed by atoms with Crippen LogP contribution in [0.3, 0.4) is 0 Å². The topological polar surface area (TPSA) is 62.2 Å². The first-order valence-corrected chi connectivity index (χ1v) is 8.29. The van der Waals surface area contributed by atoms with Gasteiger partial charge in [-0.2, -0.15) is 11.8 Å². The molecule has 0 atom stereocenters. The second-order valence-electron chi connectivity index (χ2n) is 5.46. The maximum absolute atomic E-state index is 11.2. The van der Waals surface area contributed by atoms with Gasteiger partial charge in [-0.3, -0.25) is 0 Å². The van der Waals surface area contributed by atoms with Crippen molar-refractivity contribution in [3.05, 3.63) is 23.4 Å². The lowest BCUT2D eigenvalue weighted by Gasteiger charge is -2.36. The van der Waals surface area contributed by atoms with Crippen molar-refractivity contribution in [1.82, 2.24) is 4.98 Å². The lowest BCUT2D eigenvalue weighted by Crippen LogP contribution is -2.36.